The van der Waals surface area contributed by atoms with Crippen molar-refractivity contribution in [3.05, 3.63) is 30.6 Å². The molecule has 0 radical (unpaired) electrons. The molecule has 78 valence electrons. The fourth-order valence-electron chi connectivity index (χ4n) is 1.54. The Hall–Kier alpha value is -1.68. The number of nitrogens with zero attached hydrogens (tertiary/aromatic N) is 2. The minimum Gasteiger partial charge on any atom is -0.377 e. The molecule has 0 N–H and O–H groups in total. The zero-order chi connectivity index (χ0) is 10.7. The summed E-state index contributed by atoms with van der Waals surface area (Å²) in [5, 5.41) is 1.04. The number of fused-ring (bicyclic) bond motifs is 1. The van der Waals surface area contributed by atoms with Crippen LogP contribution >= 0.6 is 0 Å². The van der Waals surface area contributed by atoms with Crippen LogP contribution in [-0.4, -0.2) is 29.1 Å². The van der Waals surface area contributed by atoms with Gasteiger partial charge < -0.3 is 9.30 Å². The highest BCUT2D eigenvalue weighted by molar-refractivity contribution is 5.82. The molecule has 0 saturated heterocycles. The lowest BCUT2D eigenvalue weighted by Gasteiger charge is -2.02. The summed E-state index contributed by atoms with van der Waals surface area (Å²) in [6, 6.07) is 5.80. The highest BCUT2D eigenvalue weighted by atomic mass is 16.5. The first-order chi connectivity index (χ1) is 7.31. The number of carbonyl (C=O) groups is 1. The number of ketones is 1. The van der Waals surface area contributed by atoms with E-state index < -0.39 is 0 Å². The van der Waals surface area contributed by atoms with Gasteiger partial charge in [-0.2, -0.15) is 0 Å². The molecular formula is C11H12N2O2. The maximum absolute atomic E-state index is 11.4. The second-order valence-corrected chi connectivity index (χ2v) is 3.33. The molecule has 0 bridgehead atoms. The number of ether oxygens (including phenoxy) is 1. The molecule has 4 nitrogen and oxygen atoms in total. The van der Waals surface area contributed by atoms with Gasteiger partial charge in [-0.15, -0.1) is 0 Å². The SMILES string of the molecule is COCC(=O)Cn1ccc2cccnc21. The number of carbonyl (C=O) groups excluding carboxylic acids is 1. The summed E-state index contributed by atoms with van der Waals surface area (Å²) >= 11 is 0. The zero-order valence-electron chi connectivity index (χ0n) is 8.51. The Kier molecular flexibility index (Phi) is 2.78. The van der Waals surface area contributed by atoms with Crippen LogP contribution in [0.5, 0.6) is 0 Å². The van der Waals surface area contributed by atoms with Gasteiger partial charge in [0.15, 0.2) is 5.78 Å². The van der Waals surface area contributed by atoms with Crippen molar-refractivity contribution in [3.63, 3.8) is 0 Å². The summed E-state index contributed by atoms with van der Waals surface area (Å²) < 4.78 is 6.61. The van der Waals surface area contributed by atoms with Gasteiger partial charge in [0.2, 0.25) is 0 Å². The highest BCUT2D eigenvalue weighted by Gasteiger charge is 2.05. The fourth-order valence-corrected chi connectivity index (χ4v) is 1.54. The molecule has 0 aliphatic heterocycles. The summed E-state index contributed by atoms with van der Waals surface area (Å²) in [6.07, 6.45) is 3.59. The van der Waals surface area contributed by atoms with E-state index in [2.05, 4.69) is 4.98 Å². The molecule has 4 heteroatoms. The summed E-state index contributed by atoms with van der Waals surface area (Å²) in [5.74, 6) is 0.0423. The van der Waals surface area contributed by atoms with Gasteiger partial charge in [0, 0.05) is 24.9 Å². The molecule has 0 unspecified atom stereocenters. The van der Waals surface area contributed by atoms with Crippen LogP contribution in [0.1, 0.15) is 0 Å². The van der Waals surface area contributed by atoms with Crippen molar-refractivity contribution >= 4 is 16.8 Å². The lowest BCUT2D eigenvalue weighted by Crippen LogP contribution is -2.14. The normalized spacial score (nSPS) is 10.7. The van der Waals surface area contributed by atoms with Crippen LogP contribution < -0.4 is 0 Å². The number of Topliss-reactive ketones (excluding diaryl/α,β-unsaturated/α-hetero) is 1. The summed E-state index contributed by atoms with van der Waals surface area (Å²) in [4.78, 5) is 15.6. The van der Waals surface area contributed by atoms with E-state index in [-0.39, 0.29) is 12.4 Å². The number of rotatable bonds is 4. The van der Waals surface area contributed by atoms with Crippen LogP contribution in [0, 0.1) is 0 Å². The molecule has 0 atom stereocenters. The third kappa shape index (κ3) is 2.05. The lowest BCUT2D eigenvalue weighted by molar-refractivity contribution is -0.123. The van der Waals surface area contributed by atoms with Gasteiger partial charge in [-0.25, -0.2) is 4.98 Å². The van der Waals surface area contributed by atoms with Crippen molar-refractivity contribution in [3.8, 4) is 0 Å². The van der Waals surface area contributed by atoms with Crippen LogP contribution in [0.3, 0.4) is 0 Å². The maximum Gasteiger partial charge on any atom is 0.178 e. The fraction of sp³-hybridized carbons (Fsp3) is 0.273. The largest absolute Gasteiger partial charge is 0.377 e. The number of pyridine rings is 1. The maximum atomic E-state index is 11.4. The molecule has 0 aliphatic carbocycles. The first-order valence-corrected chi connectivity index (χ1v) is 4.72. The van der Waals surface area contributed by atoms with Crippen molar-refractivity contribution in [2.24, 2.45) is 0 Å². The first kappa shape index (κ1) is 9.86. The van der Waals surface area contributed by atoms with Crippen LogP contribution in [-0.2, 0) is 16.1 Å². The molecule has 0 spiro atoms. The topological polar surface area (TPSA) is 44.1 Å². The Bertz CT molecular complexity index is 476. The Morgan fingerprint density at radius 1 is 1.53 bits per heavy atom. The molecule has 0 fully saturated rings. The number of hydrogen-bond donors (Lipinski definition) is 0. The molecule has 2 rings (SSSR count). The first-order valence-electron chi connectivity index (χ1n) is 4.72. The third-order valence-electron chi connectivity index (χ3n) is 2.17. The quantitative estimate of drug-likeness (QED) is 0.752. The average Bonchev–Trinajstić information content (AvgIpc) is 2.62. The molecular weight excluding hydrogens is 192 g/mol. The van der Waals surface area contributed by atoms with E-state index in [0.29, 0.717) is 6.54 Å². The van der Waals surface area contributed by atoms with Crippen molar-refractivity contribution < 1.29 is 9.53 Å². The van der Waals surface area contributed by atoms with E-state index in [4.69, 9.17) is 4.74 Å². The predicted molar refractivity (Wildman–Crippen MR) is 56.6 cm³/mol. The van der Waals surface area contributed by atoms with Gasteiger partial charge in [0.25, 0.3) is 0 Å². The van der Waals surface area contributed by atoms with Gasteiger partial charge in [-0.1, -0.05) is 0 Å². The van der Waals surface area contributed by atoms with E-state index in [1.165, 1.54) is 7.11 Å². The van der Waals surface area contributed by atoms with Crippen molar-refractivity contribution in [1.29, 1.82) is 0 Å². The van der Waals surface area contributed by atoms with E-state index in [9.17, 15) is 4.79 Å². The van der Waals surface area contributed by atoms with Crippen molar-refractivity contribution in [2.75, 3.05) is 13.7 Å². The van der Waals surface area contributed by atoms with Crippen LogP contribution in [0.15, 0.2) is 30.6 Å². The van der Waals surface area contributed by atoms with Crippen molar-refractivity contribution in [2.45, 2.75) is 6.54 Å². The number of aromatic nitrogens is 2. The summed E-state index contributed by atoms with van der Waals surface area (Å²) in [7, 11) is 1.52. The van der Waals surface area contributed by atoms with Crippen LogP contribution in [0.2, 0.25) is 0 Å². The molecule has 2 aromatic rings. The number of hydrogen-bond acceptors (Lipinski definition) is 3. The predicted octanol–water partition coefficient (Wildman–Crippen LogP) is 1.25. The standard InChI is InChI=1S/C11H12N2O2/c1-15-8-10(14)7-13-6-4-9-3-2-5-12-11(9)13/h2-6H,7-8H2,1H3. The van der Waals surface area contributed by atoms with E-state index in [0.717, 1.165) is 11.0 Å². The zero-order valence-corrected chi connectivity index (χ0v) is 8.51. The van der Waals surface area contributed by atoms with E-state index >= 15 is 0 Å². The second-order valence-electron chi connectivity index (χ2n) is 3.33. The van der Waals surface area contributed by atoms with Gasteiger partial charge in [0.05, 0.1) is 6.54 Å². The smallest absolute Gasteiger partial charge is 0.178 e. The minimum atomic E-state index is 0.0423. The molecule has 0 saturated carbocycles. The van der Waals surface area contributed by atoms with Gasteiger partial charge >= 0.3 is 0 Å². The lowest BCUT2D eigenvalue weighted by atomic mass is 10.3. The van der Waals surface area contributed by atoms with Gasteiger partial charge in [0.1, 0.15) is 12.3 Å². The molecule has 0 aliphatic rings. The van der Waals surface area contributed by atoms with Gasteiger partial charge in [-0.3, -0.25) is 4.79 Å². The minimum absolute atomic E-state index is 0.0423. The summed E-state index contributed by atoms with van der Waals surface area (Å²) in [5.41, 5.74) is 0.835. The number of methoxy groups -OCH3 is 1. The van der Waals surface area contributed by atoms with Gasteiger partial charge in [-0.05, 0) is 18.2 Å². The Morgan fingerprint density at radius 2 is 2.40 bits per heavy atom. The molecule has 0 amide bonds. The Morgan fingerprint density at radius 3 is 3.20 bits per heavy atom. The van der Waals surface area contributed by atoms with E-state index in [1.807, 2.05) is 29.0 Å². The average molecular weight is 204 g/mol. The Balaban J connectivity index is 2.25. The van der Waals surface area contributed by atoms with E-state index in [1.54, 1.807) is 6.20 Å². The molecule has 2 aromatic heterocycles. The monoisotopic (exact) mass is 204 g/mol. The Labute approximate surface area is 87.5 Å². The summed E-state index contributed by atoms with van der Waals surface area (Å²) in [6.45, 7) is 0.459. The third-order valence-corrected chi connectivity index (χ3v) is 2.17. The molecule has 2 heterocycles. The van der Waals surface area contributed by atoms with Crippen LogP contribution in [0.25, 0.3) is 11.0 Å². The second kappa shape index (κ2) is 4.23. The molecule has 15 heavy (non-hydrogen) atoms. The van der Waals surface area contributed by atoms with Crippen molar-refractivity contribution in [1.82, 2.24) is 9.55 Å². The van der Waals surface area contributed by atoms with Crippen LogP contribution in [0.4, 0.5) is 0 Å². The highest BCUT2D eigenvalue weighted by Crippen LogP contribution is 2.11. The molecule has 0 aromatic carbocycles.